The van der Waals surface area contributed by atoms with Crippen molar-refractivity contribution in [3.05, 3.63) is 29.5 Å². The summed E-state index contributed by atoms with van der Waals surface area (Å²) in [6.07, 6.45) is 0.592. The Morgan fingerprint density at radius 1 is 1.39 bits per heavy atom. The Morgan fingerprint density at radius 3 is 2.78 bits per heavy atom. The summed E-state index contributed by atoms with van der Waals surface area (Å²) in [5.74, 6) is 0.346. The maximum atomic E-state index is 11.3. The average Bonchev–Trinajstić information content (AvgIpc) is 2.75. The molecule has 0 aliphatic heterocycles. The SMILES string of the molecule is COC(=O)Cc1c(C=O)oc2cc(OC)ccc12. The Labute approximate surface area is 103 Å². The van der Waals surface area contributed by atoms with Gasteiger partial charge in [-0.2, -0.15) is 0 Å². The second kappa shape index (κ2) is 4.91. The van der Waals surface area contributed by atoms with Crippen molar-refractivity contribution in [3.8, 4) is 5.75 Å². The van der Waals surface area contributed by atoms with Crippen LogP contribution in [0.3, 0.4) is 0 Å². The molecule has 5 heteroatoms. The molecule has 0 amide bonds. The van der Waals surface area contributed by atoms with E-state index in [4.69, 9.17) is 9.15 Å². The van der Waals surface area contributed by atoms with E-state index in [0.717, 1.165) is 0 Å². The number of aldehydes is 1. The van der Waals surface area contributed by atoms with Gasteiger partial charge < -0.3 is 13.9 Å². The van der Waals surface area contributed by atoms with E-state index in [-0.39, 0.29) is 12.2 Å². The third-order valence-corrected chi connectivity index (χ3v) is 2.69. The van der Waals surface area contributed by atoms with Gasteiger partial charge in [0.2, 0.25) is 0 Å². The number of rotatable bonds is 4. The zero-order chi connectivity index (χ0) is 13.1. The molecule has 0 saturated heterocycles. The highest BCUT2D eigenvalue weighted by molar-refractivity contribution is 5.93. The van der Waals surface area contributed by atoms with Crippen molar-refractivity contribution in [1.29, 1.82) is 0 Å². The van der Waals surface area contributed by atoms with Gasteiger partial charge in [-0.05, 0) is 12.1 Å². The Morgan fingerprint density at radius 2 is 2.17 bits per heavy atom. The van der Waals surface area contributed by atoms with Crippen LogP contribution in [-0.4, -0.2) is 26.5 Å². The van der Waals surface area contributed by atoms with E-state index in [1.807, 2.05) is 0 Å². The van der Waals surface area contributed by atoms with Gasteiger partial charge in [-0.3, -0.25) is 9.59 Å². The van der Waals surface area contributed by atoms with Crippen LogP contribution in [0, 0.1) is 0 Å². The third kappa shape index (κ3) is 2.07. The molecule has 0 N–H and O–H groups in total. The van der Waals surface area contributed by atoms with Crippen LogP contribution >= 0.6 is 0 Å². The molecule has 1 aromatic heterocycles. The maximum Gasteiger partial charge on any atom is 0.310 e. The minimum atomic E-state index is -0.420. The van der Waals surface area contributed by atoms with Crippen molar-refractivity contribution in [1.82, 2.24) is 0 Å². The summed E-state index contributed by atoms with van der Waals surface area (Å²) in [5, 5.41) is 0.711. The van der Waals surface area contributed by atoms with E-state index in [2.05, 4.69) is 4.74 Å². The van der Waals surface area contributed by atoms with Gasteiger partial charge in [-0.25, -0.2) is 0 Å². The molecule has 2 rings (SSSR count). The number of furan rings is 1. The lowest BCUT2D eigenvalue weighted by molar-refractivity contribution is -0.139. The molecule has 18 heavy (non-hydrogen) atoms. The molecule has 0 aliphatic rings. The van der Waals surface area contributed by atoms with Crippen LogP contribution < -0.4 is 4.74 Å². The molecular formula is C13H12O5. The molecule has 0 unspecified atom stereocenters. The van der Waals surface area contributed by atoms with Crippen molar-refractivity contribution in [2.75, 3.05) is 14.2 Å². The van der Waals surface area contributed by atoms with Gasteiger partial charge in [0, 0.05) is 17.0 Å². The van der Waals surface area contributed by atoms with Crippen LogP contribution in [0.15, 0.2) is 22.6 Å². The second-order valence-corrected chi connectivity index (χ2v) is 3.68. The highest BCUT2D eigenvalue weighted by Gasteiger charge is 2.17. The number of carbonyl (C=O) groups excluding carboxylic acids is 2. The lowest BCUT2D eigenvalue weighted by Crippen LogP contribution is -2.05. The summed E-state index contributed by atoms with van der Waals surface area (Å²) in [6, 6.07) is 5.17. The Kier molecular flexibility index (Phi) is 3.32. The quantitative estimate of drug-likeness (QED) is 0.611. The molecule has 0 aliphatic carbocycles. The van der Waals surface area contributed by atoms with E-state index in [9.17, 15) is 9.59 Å². The molecule has 1 heterocycles. The summed E-state index contributed by atoms with van der Waals surface area (Å²) < 4.78 is 15.0. The molecule has 0 spiro atoms. The lowest BCUT2D eigenvalue weighted by atomic mass is 10.1. The molecular weight excluding hydrogens is 236 g/mol. The third-order valence-electron chi connectivity index (χ3n) is 2.69. The molecule has 0 bridgehead atoms. The van der Waals surface area contributed by atoms with E-state index in [1.54, 1.807) is 25.3 Å². The van der Waals surface area contributed by atoms with Gasteiger partial charge in [0.05, 0.1) is 20.6 Å². The van der Waals surface area contributed by atoms with Crippen molar-refractivity contribution in [3.63, 3.8) is 0 Å². The number of benzene rings is 1. The lowest BCUT2D eigenvalue weighted by Gasteiger charge is -1.99. The largest absolute Gasteiger partial charge is 0.497 e. The first-order valence-corrected chi connectivity index (χ1v) is 5.31. The average molecular weight is 248 g/mol. The predicted octanol–water partition coefficient (Wildman–Crippen LogP) is 1.97. The topological polar surface area (TPSA) is 65.7 Å². The smallest absolute Gasteiger partial charge is 0.310 e. The van der Waals surface area contributed by atoms with Gasteiger partial charge in [0.15, 0.2) is 12.0 Å². The van der Waals surface area contributed by atoms with Crippen LogP contribution in [-0.2, 0) is 16.0 Å². The fourth-order valence-corrected chi connectivity index (χ4v) is 1.77. The maximum absolute atomic E-state index is 11.3. The van der Waals surface area contributed by atoms with Gasteiger partial charge in [-0.1, -0.05) is 0 Å². The van der Waals surface area contributed by atoms with Crippen LogP contribution in [0.1, 0.15) is 16.1 Å². The van der Waals surface area contributed by atoms with E-state index in [1.165, 1.54) is 7.11 Å². The fraction of sp³-hybridized carbons (Fsp3) is 0.231. The zero-order valence-electron chi connectivity index (χ0n) is 10.1. The molecule has 5 nitrogen and oxygen atoms in total. The van der Waals surface area contributed by atoms with Gasteiger partial charge in [-0.15, -0.1) is 0 Å². The number of esters is 1. The standard InChI is InChI=1S/C13H12O5/c1-16-8-3-4-9-10(6-13(15)17-2)12(7-14)18-11(9)5-8/h3-5,7H,6H2,1-2H3. The van der Waals surface area contributed by atoms with E-state index >= 15 is 0 Å². The van der Waals surface area contributed by atoms with Gasteiger partial charge >= 0.3 is 5.97 Å². The van der Waals surface area contributed by atoms with E-state index in [0.29, 0.717) is 28.6 Å². The highest BCUT2D eigenvalue weighted by Crippen LogP contribution is 2.28. The fourth-order valence-electron chi connectivity index (χ4n) is 1.77. The highest BCUT2D eigenvalue weighted by atomic mass is 16.5. The molecule has 0 fully saturated rings. The van der Waals surface area contributed by atoms with Crippen molar-refractivity contribution < 1.29 is 23.5 Å². The summed E-state index contributed by atoms with van der Waals surface area (Å²) in [7, 11) is 2.84. The minimum absolute atomic E-state index is 0.00387. The van der Waals surface area contributed by atoms with Crippen LogP contribution in [0.2, 0.25) is 0 Å². The van der Waals surface area contributed by atoms with Crippen molar-refractivity contribution >= 4 is 23.2 Å². The van der Waals surface area contributed by atoms with E-state index < -0.39 is 5.97 Å². The molecule has 2 aromatic rings. The first kappa shape index (κ1) is 12.2. The van der Waals surface area contributed by atoms with Crippen molar-refractivity contribution in [2.24, 2.45) is 0 Å². The van der Waals surface area contributed by atoms with Crippen molar-refractivity contribution in [2.45, 2.75) is 6.42 Å². The summed E-state index contributed by atoms with van der Waals surface area (Å²) >= 11 is 0. The number of fused-ring (bicyclic) bond motifs is 1. The summed E-state index contributed by atoms with van der Waals surface area (Å²) in [5.41, 5.74) is 1.05. The van der Waals surface area contributed by atoms with Crippen LogP contribution in [0.25, 0.3) is 11.0 Å². The number of hydrogen-bond donors (Lipinski definition) is 0. The van der Waals surface area contributed by atoms with Gasteiger partial charge in [0.1, 0.15) is 11.3 Å². The predicted molar refractivity (Wildman–Crippen MR) is 63.9 cm³/mol. The number of hydrogen-bond acceptors (Lipinski definition) is 5. The number of ether oxygens (including phenoxy) is 2. The molecule has 0 radical (unpaired) electrons. The Hall–Kier alpha value is -2.30. The molecule has 94 valence electrons. The monoisotopic (exact) mass is 248 g/mol. The van der Waals surface area contributed by atoms with Crippen LogP contribution in [0.5, 0.6) is 5.75 Å². The summed E-state index contributed by atoms with van der Waals surface area (Å²) in [4.78, 5) is 22.3. The normalized spacial score (nSPS) is 10.3. The first-order chi connectivity index (χ1) is 8.69. The number of carbonyl (C=O) groups is 2. The van der Waals surface area contributed by atoms with Gasteiger partial charge in [0.25, 0.3) is 0 Å². The van der Waals surface area contributed by atoms with Crippen LogP contribution in [0.4, 0.5) is 0 Å². The molecule has 0 atom stereocenters. The second-order valence-electron chi connectivity index (χ2n) is 3.68. The zero-order valence-corrected chi connectivity index (χ0v) is 10.1. The molecule has 0 saturated carbocycles. The Balaban J connectivity index is 2.55. The molecule has 1 aromatic carbocycles. The Bertz CT molecular complexity index is 597. The number of methoxy groups -OCH3 is 2. The summed E-state index contributed by atoms with van der Waals surface area (Å²) in [6.45, 7) is 0. The minimum Gasteiger partial charge on any atom is -0.497 e. The first-order valence-electron chi connectivity index (χ1n) is 5.31.